The van der Waals surface area contributed by atoms with Crippen LogP contribution >= 0.6 is 11.3 Å². The summed E-state index contributed by atoms with van der Waals surface area (Å²) in [7, 11) is 0. The van der Waals surface area contributed by atoms with Gasteiger partial charge in [0.05, 0.1) is 17.8 Å². The Labute approximate surface area is 225 Å². The van der Waals surface area contributed by atoms with E-state index in [4.69, 9.17) is 0 Å². The van der Waals surface area contributed by atoms with E-state index in [0.29, 0.717) is 48.3 Å². The van der Waals surface area contributed by atoms with Crippen molar-refractivity contribution in [2.45, 2.75) is 32.2 Å². The number of anilines is 2. The summed E-state index contributed by atoms with van der Waals surface area (Å²) in [5.41, 5.74) is 2.63. The van der Waals surface area contributed by atoms with Crippen LogP contribution in [0.2, 0.25) is 0 Å². The van der Waals surface area contributed by atoms with Gasteiger partial charge in [-0.2, -0.15) is 0 Å². The highest BCUT2D eigenvalue weighted by atomic mass is 32.1. The van der Waals surface area contributed by atoms with Crippen molar-refractivity contribution >= 4 is 39.9 Å². The number of carbonyl (C=O) groups is 3. The Morgan fingerprint density at radius 1 is 1.05 bits per heavy atom. The second-order valence-corrected chi connectivity index (χ2v) is 10.5. The van der Waals surface area contributed by atoms with Crippen LogP contribution in [0.4, 0.5) is 15.2 Å². The van der Waals surface area contributed by atoms with Crippen molar-refractivity contribution in [3.05, 3.63) is 76.5 Å². The molecule has 0 atom stereocenters. The average Bonchev–Trinajstić information content (AvgIpc) is 3.67. The Hall–Kier alpha value is -3.79. The highest BCUT2D eigenvalue weighted by Gasteiger charge is 2.35. The number of hydrogen-bond donors (Lipinski definition) is 1. The average molecular weight is 536 g/mol. The topological polar surface area (TPSA) is 85.8 Å². The summed E-state index contributed by atoms with van der Waals surface area (Å²) in [6.45, 7) is 3.98. The van der Waals surface area contributed by atoms with Crippen molar-refractivity contribution in [1.82, 2.24) is 14.8 Å². The minimum Gasteiger partial charge on any atom is -0.366 e. The molecule has 8 nitrogen and oxygen atoms in total. The van der Waals surface area contributed by atoms with Gasteiger partial charge >= 0.3 is 0 Å². The number of thiazole rings is 1. The van der Waals surface area contributed by atoms with Gasteiger partial charge in [0.15, 0.2) is 5.13 Å². The molecule has 1 saturated heterocycles. The minimum atomic E-state index is -0.310. The molecule has 0 unspecified atom stereocenters. The monoisotopic (exact) mass is 535 g/mol. The molecule has 2 fully saturated rings. The number of rotatable bonds is 8. The molecule has 3 aromatic rings. The number of aromatic nitrogens is 1. The molecule has 1 saturated carbocycles. The van der Waals surface area contributed by atoms with Crippen molar-refractivity contribution < 1.29 is 18.8 Å². The van der Waals surface area contributed by atoms with E-state index in [2.05, 4.69) is 10.3 Å². The molecule has 0 spiro atoms. The molecule has 10 heteroatoms. The lowest BCUT2D eigenvalue weighted by Crippen LogP contribution is -2.49. The predicted molar refractivity (Wildman–Crippen MR) is 145 cm³/mol. The molecule has 0 bridgehead atoms. The van der Waals surface area contributed by atoms with Crippen molar-refractivity contribution in [2.24, 2.45) is 0 Å². The smallest absolute Gasteiger partial charge is 0.254 e. The van der Waals surface area contributed by atoms with Crippen molar-refractivity contribution in [3.8, 4) is 0 Å². The number of amides is 3. The van der Waals surface area contributed by atoms with Crippen LogP contribution in [0.15, 0.2) is 53.9 Å². The quantitative estimate of drug-likeness (QED) is 0.475. The van der Waals surface area contributed by atoms with E-state index >= 15 is 0 Å². The fourth-order valence-corrected chi connectivity index (χ4v) is 5.38. The van der Waals surface area contributed by atoms with Gasteiger partial charge in [-0.15, -0.1) is 11.3 Å². The third-order valence-corrected chi connectivity index (χ3v) is 7.70. The molecule has 3 amide bonds. The molecule has 0 radical (unpaired) electrons. The third-order valence-electron chi connectivity index (χ3n) is 6.89. The number of aryl methyl sites for hydroxylation is 1. The fraction of sp³-hybridized carbons (Fsp3) is 0.357. The normalized spacial score (nSPS) is 15.3. The highest BCUT2D eigenvalue weighted by Crippen LogP contribution is 2.29. The number of nitrogens with one attached hydrogen (secondary N) is 1. The molecule has 2 heterocycles. The van der Waals surface area contributed by atoms with Gasteiger partial charge in [0.25, 0.3) is 5.91 Å². The zero-order chi connectivity index (χ0) is 26.6. The van der Waals surface area contributed by atoms with Gasteiger partial charge in [-0.05, 0) is 43.5 Å². The summed E-state index contributed by atoms with van der Waals surface area (Å²) >= 11 is 1.26. The molecule has 198 valence electrons. The third kappa shape index (κ3) is 6.02. The van der Waals surface area contributed by atoms with Crippen LogP contribution in [0.5, 0.6) is 0 Å². The number of para-hydroxylation sites is 1. The molecule has 2 aromatic carbocycles. The Balaban J connectivity index is 1.12. The number of nitrogens with zero attached hydrogens (tertiary/aromatic N) is 4. The maximum Gasteiger partial charge on any atom is 0.254 e. The van der Waals surface area contributed by atoms with Gasteiger partial charge in [-0.25, -0.2) is 9.37 Å². The Bertz CT molecular complexity index is 1330. The van der Waals surface area contributed by atoms with Crippen LogP contribution in [0.3, 0.4) is 0 Å². The minimum absolute atomic E-state index is 0.0437. The van der Waals surface area contributed by atoms with Crippen LogP contribution in [0.25, 0.3) is 0 Å². The molecule has 1 aromatic heterocycles. The molecule has 38 heavy (non-hydrogen) atoms. The number of benzene rings is 2. The SMILES string of the molecule is Cc1ccccc1C(=O)N(CC(=O)Nc1nc(CC(=O)N2CCN(c3ccccc3F)CC2)cs1)C1CC1. The van der Waals surface area contributed by atoms with Crippen LogP contribution < -0.4 is 10.2 Å². The number of hydrogen-bond acceptors (Lipinski definition) is 6. The largest absolute Gasteiger partial charge is 0.366 e. The summed E-state index contributed by atoms with van der Waals surface area (Å²) in [6.07, 6.45) is 1.91. The number of carbonyl (C=O) groups excluding carboxylic acids is 3. The van der Waals surface area contributed by atoms with E-state index in [1.165, 1.54) is 17.4 Å². The van der Waals surface area contributed by atoms with Gasteiger partial charge < -0.3 is 20.0 Å². The van der Waals surface area contributed by atoms with E-state index in [1.54, 1.807) is 39.4 Å². The van der Waals surface area contributed by atoms with Crippen LogP contribution in [0, 0.1) is 12.7 Å². The lowest BCUT2D eigenvalue weighted by Gasteiger charge is -2.36. The first-order chi connectivity index (χ1) is 18.4. The van der Waals surface area contributed by atoms with Crippen molar-refractivity contribution in [1.29, 1.82) is 0 Å². The molecule has 1 N–H and O–H groups in total. The van der Waals surface area contributed by atoms with Crippen LogP contribution in [0.1, 0.15) is 34.5 Å². The second-order valence-electron chi connectivity index (χ2n) is 9.67. The first kappa shape index (κ1) is 25.8. The van der Waals surface area contributed by atoms with E-state index in [1.807, 2.05) is 30.0 Å². The summed E-state index contributed by atoms with van der Waals surface area (Å²) in [5, 5.41) is 4.95. The van der Waals surface area contributed by atoms with E-state index in [-0.39, 0.29) is 42.5 Å². The van der Waals surface area contributed by atoms with E-state index in [9.17, 15) is 18.8 Å². The Kier molecular flexibility index (Phi) is 7.69. The van der Waals surface area contributed by atoms with Gasteiger partial charge in [-0.3, -0.25) is 14.4 Å². The standard InChI is InChI=1S/C28H30FN5O3S/c1-19-6-2-3-7-22(19)27(37)34(21-10-11-21)17-25(35)31-28-30-20(18-38-28)16-26(36)33-14-12-32(13-15-33)24-9-5-4-8-23(24)29/h2-9,18,21H,10-17H2,1H3,(H,30,31,35). The fourth-order valence-electron chi connectivity index (χ4n) is 4.65. The maximum absolute atomic E-state index is 14.1. The lowest BCUT2D eigenvalue weighted by atomic mass is 10.1. The molecular formula is C28H30FN5O3S. The molecule has 1 aliphatic carbocycles. The highest BCUT2D eigenvalue weighted by molar-refractivity contribution is 7.13. The van der Waals surface area contributed by atoms with Crippen molar-refractivity contribution in [2.75, 3.05) is 42.9 Å². The summed E-state index contributed by atoms with van der Waals surface area (Å²) < 4.78 is 14.1. The Morgan fingerprint density at radius 3 is 2.47 bits per heavy atom. The van der Waals surface area contributed by atoms with Gasteiger partial charge in [0.2, 0.25) is 11.8 Å². The van der Waals surface area contributed by atoms with Crippen LogP contribution in [-0.4, -0.2) is 71.3 Å². The first-order valence-corrected chi connectivity index (χ1v) is 13.6. The van der Waals surface area contributed by atoms with E-state index < -0.39 is 0 Å². The molecule has 5 rings (SSSR count). The van der Waals surface area contributed by atoms with Crippen LogP contribution in [-0.2, 0) is 16.0 Å². The predicted octanol–water partition coefficient (Wildman–Crippen LogP) is 3.73. The van der Waals surface area contributed by atoms with Gasteiger partial charge in [-0.1, -0.05) is 30.3 Å². The molecule has 1 aliphatic heterocycles. The zero-order valence-electron chi connectivity index (χ0n) is 21.2. The van der Waals surface area contributed by atoms with Gasteiger partial charge in [0.1, 0.15) is 12.4 Å². The first-order valence-electron chi connectivity index (χ1n) is 12.8. The molecular weight excluding hydrogens is 505 g/mol. The van der Waals surface area contributed by atoms with E-state index in [0.717, 1.165) is 18.4 Å². The second kappa shape index (κ2) is 11.3. The summed E-state index contributed by atoms with van der Waals surface area (Å²) in [5.74, 6) is -0.758. The molecule has 2 aliphatic rings. The zero-order valence-corrected chi connectivity index (χ0v) is 22.0. The van der Waals surface area contributed by atoms with Gasteiger partial charge in [0, 0.05) is 43.2 Å². The summed E-state index contributed by atoms with van der Waals surface area (Å²) in [6, 6.07) is 14.1. The Morgan fingerprint density at radius 2 is 1.76 bits per heavy atom. The number of piperazine rings is 1. The van der Waals surface area contributed by atoms with Crippen molar-refractivity contribution in [3.63, 3.8) is 0 Å². The maximum atomic E-state index is 14.1. The summed E-state index contributed by atoms with van der Waals surface area (Å²) in [4.78, 5) is 48.5. The number of halogens is 1. The lowest BCUT2D eigenvalue weighted by molar-refractivity contribution is -0.130.